The van der Waals surface area contributed by atoms with Crippen LogP contribution in [0.3, 0.4) is 0 Å². The maximum atomic E-state index is 13.4. The largest absolute Gasteiger partial charge is 0.383 e. The van der Waals surface area contributed by atoms with Gasteiger partial charge in [-0.2, -0.15) is 0 Å². The van der Waals surface area contributed by atoms with E-state index < -0.39 is 10.0 Å². The molecule has 0 bridgehead atoms. The number of sulfonamides is 1. The predicted octanol–water partition coefficient (Wildman–Crippen LogP) is 3.38. The fraction of sp³-hybridized carbons (Fsp3) is 0.435. The minimum absolute atomic E-state index is 0.0928. The van der Waals surface area contributed by atoms with Crippen LogP contribution in [0.25, 0.3) is 0 Å². The number of halogens is 1. The van der Waals surface area contributed by atoms with Crippen LogP contribution in [-0.4, -0.2) is 41.1 Å². The molecule has 0 saturated heterocycles. The standard InChI is InChI=1S/C23H29FN2O4S/c1-30-16-15-26-31(28,29)21-11-5-18(6-12-21)22(27)25-17-23(13-3-2-4-14-23)19-7-9-20(24)10-8-19/h5-12,26H,2-4,13-17H2,1H3,(H,25,27). The SMILES string of the molecule is COCCNS(=O)(=O)c1ccc(C(=O)NCC2(c3ccc(F)cc3)CCCCC2)cc1. The van der Waals surface area contributed by atoms with Crippen molar-refractivity contribution in [1.29, 1.82) is 0 Å². The molecule has 2 N–H and O–H groups in total. The van der Waals surface area contributed by atoms with Gasteiger partial charge < -0.3 is 10.1 Å². The number of rotatable bonds is 9. The summed E-state index contributed by atoms with van der Waals surface area (Å²) in [6, 6.07) is 12.4. The molecule has 31 heavy (non-hydrogen) atoms. The van der Waals surface area contributed by atoms with Crippen molar-refractivity contribution in [3.8, 4) is 0 Å². The van der Waals surface area contributed by atoms with E-state index in [2.05, 4.69) is 10.0 Å². The van der Waals surface area contributed by atoms with Crippen molar-refractivity contribution in [3.05, 3.63) is 65.5 Å². The lowest BCUT2D eigenvalue weighted by molar-refractivity contribution is 0.0936. The van der Waals surface area contributed by atoms with Crippen LogP contribution < -0.4 is 10.0 Å². The van der Waals surface area contributed by atoms with E-state index in [1.807, 2.05) is 12.1 Å². The highest BCUT2D eigenvalue weighted by molar-refractivity contribution is 7.89. The van der Waals surface area contributed by atoms with Crippen LogP contribution in [0.15, 0.2) is 53.4 Å². The van der Waals surface area contributed by atoms with Crippen molar-refractivity contribution in [3.63, 3.8) is 0 Å². The molecule has 1 aliphatic carbocycles. The summed E-state index contributed by atoms with van der Waals surface area (Å²) in [4.78, 5) is 12.8. The van der Waals surface area contributed by atoms with Gasteiger partial charge in [-0.25, -0.2) is 17.5 Å². The quantitative estimate of drug-likeness (QED) is 0.576. The summed E-state index contributed by atoms with van der Waals surface area (Å²) in [5.41, 5.74) is 1.22. The first-order valence-electron chi connectivity index (χ1n) is 10.5. The van der Waals surface area contributed by atoms with Gasteiger partial charge >= 0.3 is 0 Å². The van der Waals surface area contributed by atoms with Gasteiger partial charge in [0, 0.05) is 31.2 Å². The number of benzene rings is 2. The molecular formula is C23H29FN2O4S. The minimum atomic E-state index is -3.65. The molecule has 2 aromatic carbocycles. The Morgan fingerprint density at radius 1 is 1.03 bits per heavy atom. The monoisotopic (exact) mass is 448 g/mol. The molecule has 1 aliphatic rings. The average molecular weight is 449 g/mol. The Labute approximate surface area is 183 Å². The van der Waals surface area contributed by atoms with Gasteiger partial charge in [-0.1, -0.05) is 31.4 Å². The second-order valence-electron chi connectivity index (χ2n) is 7.95. The van der Waals surface area contributed by atoms with Crippen LogP contribution in [0, 0.1) is 5.82 Å². The summed E-state index contributed by atoms with van der Waals surface area (Å²) in [7, 11) is -2.15. The highest BCUT2D eigenvalue weighted by Gasteiger charge is 2.34. The van der Waals surface area contributed by atoms with Crippen molar-refractivity contribution in [2.75, 3.05) is 26.8 Å². The molecular weight excluding hydrogens is 419 g/mol. The zero-order chi connectivity index (χ0) is 22.3. The lowest BCUT2D eigenvalue weighted by atomic mass is 9.69. The van der Waals surface area contributed by atoms with Gasteiger partial charge in [-0.05, 0) is 54.8 Å². The lowest BCUT2D eigenvalue weighted by Crippen LogP contribution is -2.42. The molecule has 0 atom stereocenters. The number of methoxy groups -OCH3 is 1. The average Bonchev–Trinajstić information content (AvgIpc) is 2.79. The second kappa shape index (κ2) is 10.3. The summed E-state index contributed by atoms with van der Waals surface area (Å²) >= 11 is 0. The van der Waals surface area contributed by atoms with Crippen LogP contribution in [0.2, 0.25) is 0 Å². The van der Waals surface area contributed by atoms with E-state index in [1.165, 1.54) is 43.5 Å². The minimum Gasteiger partial charge on any atom is -0.383 e. The molecule has 1 fully saturated rings. The van der Waals surface area contributed by atoms with Gasteiger partial charge in [0.15, 0.2) is 0 Å². The summed E-state index contributed by atoms with van der Waals surface area (Å²) < 4.78 is 45.2. The fourth-order valence-electron chi connectivity index (χ4n) is 4.10. The lowest BCUT2D eigenvalue weighted by Gasteiger charge is -2.38. The first-order chi connectivity index (χ1) is 14.9. The molecule has 1 saturated carbocycles. The molecule has 3 rings (SSSR count). The van der Waals surface area contributed by atoms with E-state index in [0.717, 1.165) is 37.7 Å². The maximum absolute atomic E-state index is 13.4. The third-order valence-electron chi connectivity index (χ3n) is 5.88. The van der Waals surface area contributed by atoms with E-state index in [9.17, 15) is 17.6 Å². The van der Waals surface area contributed by atoms with Crippen molar-refractivity contribution in [2.24, 2.45) is 0 Å². The molecule has 0 aliphatic heterocycles. The van der Waals surface area contributed by atoms with Crippen LogP contribution >= 0.6 is 0 Å². The number of carbonyl (C=O) groups excluding carboxylic acids is 1. The first kappa shape index (κ1) is 23.4. The second-order valence-corrected chi connectivity index (χ2v) is 9.71. The number of carbonyl (C=O) groups is 1. The molecule has 6 nitrogen and oxygen atoms in total. The van der Waals surface area contributed by atoms with Crippen LogP contribution in [0.1, 0.15) is 48.0 Å². The van der Waals surface area contributed by atoms with Gasteiger partial charge in [0.25, 0.3) is 5.91 Å². The molecule has 0 heterocycles. The van der Waals surface area contributed by atoms with Crippen LogP contribution in [0.4, 0.5) is 4.39 Å². The van der Waals surface area contributed by atoms with Crippen molar-refractivity contribution in [1.82, 2.24) is 10.0 Å². The summed E-state index contributed by atoms with van der Waals surface area (Å²) in [5.74, 6) is -0.533. The van der Waals surface area contributed by atoms with Crippen LogP contribution in [-0.2, 0) is 20.2 Å². The van der Waals surface area contributed by atoms with E-state index in [4.69, 9.17) is 4.74 Å². The number of nitrogens with one attached hydrogen (secondary N) is 2. The van der Waals surface area contributed by atoms with Gasteiger partial charge in [-0.15, -0.1) is 0 Å². The molecule has 8 heteroatoms. The highest BCUT2D eigenvalue weighted by Crippen LogP contribution is 2.39. The van der Waals surface area contributed by atoms with Gasteiger partial charge in [0.1, 0.15) is 5.82 Å². The summed E-state index contributed by atoms with van der Waals surface area (Å²) in [5, 5.41) is 3.01. The molecule has 1 amide bonds. The Morgan fingerprint density at radius 2 is 1.68 bits per heavy atom. The molecule has 0 unspecified atom stereocenters. The molecule has 168 valence electrons. The van der Waals surface area contributed by atoms with Gasteiger partial charge in [0.2, 0.25) is 10.0 Å². The van der Waals surface area contributed by atoms with E-state index in [0.29, 0.717) is 12.1 Å². The first-order valence-corrected chi connectivity index (χ1v) is 12.0. The number of amides is 1. The number of hydrogen-bond acceptors (Lipinski definition) is 4. The Kier molecular flexibility index (Phi) is 7.80. The number of ether oxygens (including phenoxy) is 1. The van der Waals surface area contributed by atoms with E-state index in [-0.39, 0.29) is 35.2 Å². The smallest absolute Gasteiger partial charge is 0.251 e. The van der Waals surface area contributed by atoms with Crippen molar-refractivity contribution >= 4 is 15.9 Å². The molecule has 2 aromatic rings. The predicted molar refractivity (Wildman–Crippen MR) is 117 cm³/mol. The number of hydrogen-bond donors (Lipinski definition) is 2. The third kappa shape index (κ3) is 5.90. The molecule has 0 spiro atoms. The fourth-order valence-corrected chi connectivity index (χ4v) is 5.11. The van der Waals surface area contributed by atoms with Gasteiger partial charge in [-0.3, -0.25) is 4.79 Å². The van der Waals surface area contributed by atoms with Crippen molar-refractivity contribution in [2.45, 2.75) is 42.4 Å². The van der Waals surface area contributed by atoms with E-state index in [1.54, 1.807) is 0 Å². The topological polar surface area (TPSA) is 84.5 Å². The van der Waals surface area contributed by atoms with Crippen LogP contribution in [0.5, 0.6) is 0 Å². The van der Waals surface area contributed by atoms with Crippen molar-refractivity contribution < 1.29 is 22.3 Å². The normalized spacial score (nSPS) is 16.1. The zero-order valence-corrected chi connectivity index (χ0v) is 18.5. The zero-order valence-electron chi connectivity index (χ0n) is 17.7. The Hall–Kier alpha value is -2.29. The Bertz CT molecular complexity index is 970. The van der Waals surface area contributed by atoms with Gasteiger partial charge in [0.05, 0.1) is 11.5 Å². The Morgan fingerprint density at radius 3 is 2.29 bits per heavy atom. The summed E-state index contributed by atoms with van der Waals surface area (Å²) in [6.45, 7) is 0.901. The highest BCUT2D eigenvalue weighted by atomic mass is 32.2. The third-order valence-corrected chi connectivity index (χ3v) is 7.36. The Balaban J connectivity index is 1.68. The summed E-state index contributed by atoms with van der Waals surface area (Å²) in [6.07, 6.45) is 5.16. The molecule has 0 aromatic heterocycles. The van der Waals surface area contributed by atoms with E-state index >= 15 is 0 Å². The maximum Gasteiger partial charge on any atom is 0.251 e. The molecule has 0 radical (unpaired) electrons.